The average molecular weight is 332 g/mol. The standard InChI is InChI=1S/C20H20N4O/c1-24(2)16(12-21)19-14-8-4-5-9-15(14)22-20(23-19)18-11-13-7-3-6-10-17(13)25-18/h3-11,16H,12,21H2,1-2H3. The fourth-order valence-corrected chi connectivity index (χ4v) is 3.12. The predicted octanol–water partition coefficient (Wildman–Crippen LogP) is 3.60. The van der Waals surface area contributed by atoms with Crippen molar-refractivity contribution in [2.24, 2.45) is 5.73 Å². The van der Waals surface area contributed by atoms with E-state index in [-0.39, 0.29) is 6.04 Å². The number of hydrogen-bond acceptors (Lipinski definition) is 5. The number of nitrogens with two attached hydrogens (primary N) is 1. The van der Waals surface area contributed by atoms with E-state index in [9.17, 15) is 0 Å². The molecule has 0 fully saturated rings. The van der Waals surface area contributed by atoms with Gasteiger partial charge >= 0.3 is 0 Å². The number of hydrogen-bond donors (Lipinski definition) is 1. The number of aromatic nitrogens is 2. The molecule has 0 spiro atoms. The van der Waals surface area contributed by atoms with Crippen LogP contribution in [0.4, 0.5) is 0 Å². The Bertz CT molecular complexity index is 1010. The van der Waals surface area contributed by atoms with Crippen LogP contribution in [0.5, 0.6) is 0 Å². The summed E-state index contributed by atoms with van der Waals surface area (Å²) in [4.78, 5) is 11.6. The minimum Gasteiger partial charge on any atom is -0.453 e. The number of benzene rings is 2. The summed E-state index contributed by atoms with van der Waals surface area (Å²) >= 11 is 0. The van der Waals surface area contributed by atoms with Gasteiger partial charge in [-0.15, -0.1) is 0 Å². The van der Waals surface area contributed by atoms with Crippen molar-refractivity contribution >= 4 is 21.9 Å². The SMILES string of the molecule is CN(C)C(CN)c1nc(-c2cc3ccccc3o2)nc2ccccc12. The smallest absolute Gasteiger partial charge is 0.196 e. The third-order valence-corrected chi connectivity index (χ3v) is 4.44. The molecular formula is C20H20N4O. The molecule has 0 saturated carbocycles. The number of para-hydroxylation sites is 2. The predicted molar refractivity (Wildman–Crippen MR) is 100 cm³/mol. The summed E-state index contributed by atoms with van der Waals surface area (Å²) in [6.07, 6.45) is 0. The van der Waals surface area contributed by atoms with Crippen molar-refractivity contribution in [1.82, 2.24) is 14.9 Å². The monoisotopic (exact) mass is 332 g/mol. The lowest BCUT2D eigenvalue weighted by Crippen LogP contribution is -2.28. The van der Waals surface area contributed by atoms with Gasteiger partial charge in [0.15, 0.2) is 11.6 Å². The molecule has 1 atom stereocenters. The molecule has 2 N–H and O–H groups in total. The van der Waals surface area contributed by atoms with E-state index in [2.05, 4.69) is 4.90 Å². The maximum absolute atomic E-state index is 6.02. The first-order valence-electron chi connectivity index (χ1n) is 8.29. The first-order valence-corrected chi connectivity index (χ1v) is 8.29. The van der Waals surface area contributed by atoms with E-state index in [0.717, 1.165) is 27.6 Å². The average Bonchev–Trinajstić information content (AvgIpc) is 3.06. The van der Waals surface area contributed by atoms with Crippen LogP contribution in [-0.4, -0.2) is 35.5 Å². The highest BCUT2D eigenvalue weighted by atomic mass is 16.3. The molecule has 0 bridgehead atoms. The Morgan fingerprint density at radius 3 is 2.56 bits per heavy atom. The van der Waals surface area contributed by atoms with Crippen LogP contribution in [0.1, 0.15) is 11.7 Å². The van der Waals surface area contributed by atoms with E-state index >= 15 is 0 Å². The molecule has 4 aromatic rings. The van der Waals surface area contributed by atoms with Gasteiger partial charge in [-0.2, -0.15) is 0 Å². The normalized spacial score (nSPS) is 13.0. The zero-order valence-corrected chi connectivity index (χ0v) is 14.3. The minimum atomic E-state index is 0.0102. The van der Waals surface area contributed by atoms with Crippen LogP contribution in [0.3, 0.4) is 0 Å². The van der Waals surface area contributed by atoms with Crippen molar-refractivity contribution in [3.05, 3.63) is 60.3 Å². The zero-order valence-electron chi connectivity index (χ0n) is 14.3. The molecule has 5 heteroatoms. The summed E-state index contributed by atoms with van der Waals surface area (Å²) in [6.45, 7) is 0.480. The van der Waals surface area contributed by atoms with Crippen LogP contribution in [0.2, 0.25) is 0 Å². The van der Waals surface area contributed by atoms with E-state index < -0.39 is 0 Å². The summed E-state index contributed by atoms with van der Waals surface area (Å²) < 4.78 is 5.96. The van der Waals surface area contributed by atoms with Gasteiger partial charge in [-0.3, -0.25) is 4.90 Å². The van der Waals surface area contributed by atoms with Crippen LogP contribution < -0.4 is 5.73 Å². The van der Waals surface area contributed by atoms with Gasteiger partial charge in [0.1, 0.15) is 5.58 Å². The van der Waals surface area contributed by atoms with Crippen molar-refractivity contribution in [3.63, 3.8) is 0 Å². The molecule has 0 aliphatic carbocycles. The molecular weight excluding hydrogens is 312 g/mol. The van der Waals surface area contributed by atoms with Gasteiger partial charge in [0, 0.05) is 17.3 Å². The highest BCUT2D eigenvalue weighted by Gasteiger charge is 2.20. The maximum Gasteiger partial charge on any atom is 0.196 e. The summed E-state index contributed by atoms with van der Waals surface area (Å²) in [6, 6.07) is 17.9. The molecule has 0 saturated heterocycles. The molecule has 4 rings (SSSR count). The Hall–Kier alpha value is -2.76. The van der Waals surface area contributed by atoms with Gasteiger partial charge in [-0.25, -0.2) is 9.97 Å². The van der Waals surface area contributed by atoms with Gasteiger partial charge in [0.05, 0.1) is 17.3 Å². The molecule has 0 amide bonds. The van der Waals surface area contributed by atoms with Gasteiger partial charge in [-0.1, -0.05) is 36.4 Å². The second-order valence-corrected chi connectivity index (χ2v) is 6.31. The Morgan fingerprint density at radius 2 is 1.80 bits per heavy atom. The number of likely N-dealkylation sites (N-methyl/N-ethyl adjacent to an activating group) is 1. The second kappa shape index (κ2) is 6.27. The molecule has 25 heavy (non-hydrogen) atoms. The number of furan rings is 1. The summed E-state index contributed by atoms with van der Waals surface area (Å²) in [5.74, 6) is 1.26. The lowest BCUT2D eigenvalue weighted by molar-refractivity contribution is 0.302. The van der Waals surface area contributed by atoms with Crippen LogP contribution in [-0.2, 0) is 0 Å². The molecule has 126 valence electrons. The number of fused-ring (bicyclic) bond motifs is 2. The van der Waals surface area contributed by atoms with E-state index in [4.69, 9.17) is 20.1 Å². The molecule has 1 unspecified atom stereocenters. The first-order chi connectivity index (χ1) is 12.2. The van der Waals surface area contributed by atoms with E-state index in [1.165, 1.54) is 0 Å². The third kappa shape index (κ3) is 2.77. The van der Waals surface area contributed by atoms with Crippen molar-refractivity contribution in [1.29, 1.82) is 0 Å². The summed E-state index contributed by atoms with van der Waals surface area (Å²) in [5, 5.41) is 2.06. The van der Waals surface area contributed by atoms with Crippen molar-refractivity contribution in [3.8, 4) is 11.6 Å². The summed E-state index contributed by atoms with van der Waals surface area (Å²) in [7, 11) is 4.02. The molecule has 0 radical (unpaired) electrons. The second-order valence-electron chi connectivity index (χ2n) is 6.31. The minimum absolute atomic E-state index is 0.0102. The van der Waals surface area contributed by atoms with Gasteiger partial charge in [0.2, 0.25) is 0 Å². The molecule has 5 nitrogen and oxygen atoms in total. The number of nitrogens with zero attached hydrogens (tertiary/aromatic N) is 3. The molecule has 2 aromatic heterocycles. The Morgan fingerprint density at radius 1 is 1.04 bits per heavy atom. The molecule has 0 aliphatic heterocycles. The topological polar surface area (TPSA) is 68.2 Å². The highest BCUT2D eigenvalue weighted by Crippen LogP contribution is 2.30. The lowest BCUT2D eigenvalue weighted by atomic mass is 10.1. The Kier molecular flexibility index (Phi) is 3.95. The van der Waals surface area contributed by atoms with Crippen molar-refractivity contribution in [2.75, 3.05) is 20.6 Å². The van der Waals surface area contributed by atoms with Gasteiger partial charge < -0.3 is 10.2 Å². The fourth-order valence-electron chi connectivity index (χ4n) is 3.12. The Balaban J connectivity index is 1.95. The van der Waals surface area contributed by atoms with Crippen LogP contribution in [0.25, 0.3) is 33.5 Å². The summed E-state index contributed by atoms with van der Waals surface area (Å²) in [5.41, 5.74) is 8.67. The quantitative estimate of drug-likeness (QED) is 0.618. The number of rotatable bonds is 4. The van der Waals surface area contributed by atoms with E-state index in [0.29, 0.717) is 18.1 Å². The van der Waals surface area contributed by atoms with Crippen LogP contribution >= 0.6 is 0 Å². The lowest BCUT2D eigenvalue weighted by Gasteiger charge is -2.23. The van der Waals surface area contributed by atoms with Crippen molar-refractivity contribution < 1.29 is 4.42 Å². The maximum atomic E-state index is 6.02. The largest absolute Gasteiger partial charge is 0.453 e. The van der Waals surface area contributed by atoms with Crippen LogP contribution in [0, 0.1) is 0 Å². The first kappa shape index (κ1) is 15.7. The fraction of sp³-hybridized carbons (Fsp3) is 0.200. The Labute approximate surface area is 146 Å². The van der Waals surface area contributed by atoms with E-state index in [1.54, 1.807) is 0 Å². The van der Waals surface area contributed by atoms with Gasteiger partial charge in [0.25, 0.3) is 0 Å². The van der Waals surface area contributed by atoms with Crippen molar-refractivity contribution in [2.45, 2.75) is 6.04 Å². The molecule has 0 aliphatic rings. The highest BCUT2D eigenvalue weighted by molar-refractivity contribution is 5.85. The zero-order chi connectivity index (χ0) is 17.4. The van der Waals surface area contributed by atoms with Crippen LogP contribution in [0.15, 0.2) is 59.0 Å². The molecule has 2 aromatic carbocycles. The van der Waals surface area contributed by atoms with E-state index in [1.807, 2.05) is 68.7 Å². The molecule has 2 heterocycles. The van der Waals surface area contributed by atoms with Gasteiger partial charge in [-0.05, 0) is 32.3 Å². The third-order valence-electron chi connectivity index (χ3n) is 4.44.